The minimum Gasteiger partial charge on any atom is -0.490 e. The lowest BCUT2D eigenvalue weighted by molar-refractivity contribution is 0.218. The summed E-state index contributed by atoms with van der Waals surface area (Å²) in [4.78, 5) is 0. The van der Waals surface area contributed by atoms with Crippen molar-refractivity contribution in [3.8, 4) is 17.6 Å². The molecule has 0 fully saturated rings. The van der Waals surface area contributed by atoms with E-state index in [1.807, 2.05) is 33.8 Å². The van der Waals surface area contributed by atoms with Crippen molar-refractivity contribution in [3.05, 3.63) is 23.8 Å². The van der Waals surface area contributed by atoms with Crippen molar-refractivity contribution in [2.24, 2.45) is 0 Å². The molecule has 0 aliphatic carbocycles. The van der Waals surface area contributed by atoms with Crippen LogP contribution in [0.4, 0.5) is 0 Å². The lowest BCUT2D eigenvalue weighted by Crippen LogP contribution is -2.03. The summed E-state index contributed by atoms with van der Waals surface area (Å²) in [5.41, 5.74) is 0.577. The molecule has 0 radical (unpaired) electrons. The molecule has 0 amide bonds. The van der Waals surface area contributed by atoms with Crippen LogP contribution in [0.25, 0.3) is 0 Å². The fourth-order valence-corrected chi connectivity index (χ4v) is 9.04. The van der Waals surface area contributed by atoms with Gasteiger partial charge in [-0.3, -0.25) is 9.13 Å². The number of hydrogen-bond donors (Lipinski definition) is 0. The van der Waals surface area contributed by atoms with Gasteiger partial charge >= 0.3 is 15.2 Å². The van der Waals surface area contributed by atoms with Crippen LogP contribution >= 0.6 is 15.2 Å². The van der Waals surface area contributed by atoms with Crippen LogP contribution in [0.3, 0.4) is 0 Å². The number of unbranched alkanes of at least 4 members (excludes halogenated alkanes) is 16. The molecule has 0 atom stereocenters. The first-order valence-corrected chi connectivity index (χ1v) is 22.4. The SMILES string of the molecule is CCOP(=O)(CCCCCCCCCCCOc1ccc(C#N)cc1OCCCCCCCCCCCP(=O)(OCC)OCC)OCC. The van der Waals surface area contributed by atoms with Gasteiger partial charge in [-0.1, -0.05) is 89.9 Å². The third-order valence-electron chi connectivity index (χ3n) is 8.04. The van der Waals surface area contributed by atoms with Crippen molar-refractivity contribution in [2.45, 2.75) is 143 Å². The Morgan fingerprint density at radius 1 is 0.500 bits per heavy atom. The van der Waals surface area contributed by atoms with Gasteiger partial charge in [0.05, 0.1) is 63.6 Å². The number of ether oxygens (including phenoxy) is 2. The average Bonchev–Trinajstić information content (AvgIpc) is 3.06. The highest BCUT2D eigenvalue weighted by Crippen LogP contribution is 2.49. The first-order valence-electron chi connectivity index (χ1n) is 18.9. The van der Waals surface area contributed by atoms with Crippen LogP contribution in [0.2, 0.25) is 0 Å². The van der Waals surface area contributed by atoms with Crippen molar-refractivity contribution < 1.29 is 36.7 Å². The quantitative estimate of drug-likeness (QED) is 0.0508. The number of hydrogen-bond acceptors (Lipinski definition) is 9. The molecule has 0 spiro atoms. The van der Waals surface area contributed by atoms with Gasteiger partial charge in [-0.25, -0.2) is 0 Å². The van der Waals surface area contributed by atoms with Gasteiger partial charge in [-0.15, -0.1) is 0 Å². The van der Waals surface area contributed by atoms with Crippen molar-refractivity contribution in [1.82, 2.24) is 0 Å². The zero-order valence-electron chi connectivity index (χ0n) is 30.7. The van der Waals surface area contributed by atoms with Crippen LogP contribution in [-0.4, -0.2) is 52.0 Å². The first kappa shape index (κ1) is 44.6. The molecule has 1 aromatic carbocycles. The average molecular weight is 716 g/mol. The largest absolute Gasteiger partial charge is 0.490 e. The molecule has 0 aliphatic heterocycles. The first-order chi connectivity index (χ1) is 23.3. The molecule has 0 aromatic heterocycles. The number of benzene rings is 1. The van der Waals surface area contributed by atoms with Crippen LogP contribution in [0, 0.1) is 11.3 Å². The fraction of sp³-hybridized carbons (Fsp3) is 0.811. The highest BCUT2D eigenvalue weighted by molar-refractivity contribution is 7.54. The van der Waals surface area contributed by atoms with E-state index in [9.17, 15) is 14.4 Å². The Morgan fingerprint density at radius 2 is 0.833 bits per heavy atom. The minimum absolute atomic E-state index is 0.424. The second-order valence-electron chi connectivity index (χ2n) is 12.2. The van der Waals surface area contributed by atoms with Crippen molar-refractivity contribution in [1.29, 1.82) is 5.26 Å². The zero-order chi connectivity index (χ0) is 35.2. The Balaban J connectivity index is 2.12. The van der Waals surface area contributed by atoms with Gasteiger partial charge in [-0.2, -0.15) is 5.26 Å². The molecule has 11 heteroatoms. The lowest BCUT2D eigenvalue weighted by atomic mass is 10.1. The maximum Gasteiger partial charge on any atom is 0.330 e. The van der Waals surface area contributed by atoms with E-state index in [0.717, 1.165) is 64.2 Å². The molecule has 48 heavy (non-hydrogen) atoms. The molecule has 0 saturated heterocycles. The maximum atomic E-state index is 12.5. The van der Waals surface area contributed by atoms with E-state index < -0.39 is 15.2 Å². The van der Waals surface area contributed by atoms with E-state index >= 15 is 0 Å². The van der Waals surface area contributed by atoms with Gasteiger partial charge in [0, 0.05) is 6.07 Å². The Hall–Kier alpha value is -1.39. The third-order valence-corrected chi connectivity index (χ3v) is 12.4. The van der Waals surface area contributed by atoms with Crippen LogP contribution in [-0.2, 0) is 27.2 Å². The molecular weight excluding hydrogens is 648 g/mol. The summed E-state index contributed by atoms with van der Waals surface area (Å²) in [6, 6.07) is 7.61. The Morgan fingerprint density at radius 3 is 1.19 bits per heavy atom. The second kappa shape index (κ2) is 29.4. The molecule has 1 rings (SSSR count). The zero-order valence-corrected chi connectivity index (χ0v) is 32.5. The van der Waals surface area contributed by atoms with Crippen molar-refractivity contribution in [3.63, 3.8) is 0 Å². The van der Waals surface area contributed by atoms with E-state index in [1.165, 1.54) is 51.4 Å². The van der Waals surface area contributed by atoms with Gasteiger partial charge in [0.25, 0.3) is 0 Å². The molecule has 1 aromatic rings. The molecule has 9 nitrogen and oxygen atoms in total. The third kappa shape index (κ3) is 22.4. The van der Waals surface area contributed by atoms with Gasteiger partial charge in [-0.05, 0) is 65.5 Å². The summed E-state index contributed by atoms with van der Waals surface area (Å²) >= 11 is 0. The van der Waals surface area contributed by atoms with Gasteiger partial charge in [0.2, 0.25) is 0 Å². The summed E-state index contributed by atoms with van der Waals surface area (Å²) in [5, 5.41) is 9.35. The summed E-state index contributed by atoms with van der Waals surface area (Å²) in [7, 11) is -5.79. The van der Waals surface area contributed by atoms with E-state index in [1.54, 1.807) is 12.1 Å². The standard InChI is InChI=1S/C37H67NO8P2/c1-5-43-47(39,44-6-2)31-25-21-17-13-9-11-15-19-23-29-41-36-28-27-35(34-38)33-37(36)42-30-24-20-16-12-10-14-18-22-26-32-48(40,45-7-3)46-8-4/h27-28,33H,5-26,29-32H2,1-4H3. The molecule has 0 heterocycles. The van der Waals surface area contributed by atoms with Crippen LogP contribution < -0.4 is 9.47 Å². The molecule has 0 aliphatic rings. The van der Waals surface area contributed by atoms with Crippen LogP contribution in [0.5, 0.6) is 11.5 Å². The van der Waals surface area contributed by atoms with E-state index in [-0.39, 0.29) is 0 Å². The smallest absolute Gasteiger partial charge is 0.330 e. The number of nitriles is 1. The number of nitrogens with zero attached hydrogens (tertiary/aromatic N) is 1. The van der Waals surface area contributed by atoms with Crippen molar-refractivity contribution >= 4 is 15.2 Å². The summed E-state index contributed by atoms with van der Waals surface area (Å²) in [6.45, 7) is 10.4. The fourth-order valence-electron chi connectivity index (χ4n) is 5.58. The number of rotatable bonds is 34. The molecule has 0 unspecified atom stereocenters. The predicted octanol–water partition coefficient (Wildman–Crippen LogP) is 11.9. The maximum absolute atomic E-state index is 12.5. The van der Waals surface area contributed by atoms with Gasteiger partial charge in [0.1, 0.15) is 0 Å². The molecule has 278 valence electrons. The lowest BCUT2D eigenvalue weighted by Gasteiger charge is -2.16. The molecule has 0 saturated carbocycles. The van der Waals surface area contributed by atoms with Gasteiger partial charge in [0.15, 0.2) is 11.5 Å². The van der Waals surface area contributed by atoms with Crippen LogP contribution in [0.15, 0.2) is 18.2 Å². The second-order valence-corrected chi connectivity index (χ2v) is 16.5. The summed E-state index contributed by atoms with van der Waals surface area (Å²) < 4.78 is 58.6. The minimum atomic E-state index is -2.89. The molecular formula is C37H67NO8P2. The van der Waals surface area contributed by atoms with Crippen LogP contribution in [0.1, 0.15) is 149 Å². The Labute approximate surface area is 293 Å². The summed E-state index contributed by atoms with van der Waals surface area (Å²) in [6.07, 6.45) is 21.1. The molecule has 0 bridgehead atoms. The normalized spacial score (nSPS) is 11.9. The summed E-state index contributed by atoms with van der Waals surface area (Å²) in [5.74, 6) is 1.37. The van der Waals surface area contributed by atoms with Gasteiger partial charge < -0.3 is 27.6 Å². The van der Waals surface area contributed by atoms with E-state index in [4.69, 9.17) is 27.6 Å². The topological polar surface area (TPSA) is 113 Å². The highest BCUT2D eigenvalue weighted by atomic mass is 31.2. The monoisotopic (exact) mass is 715 g/mol. The predicted molar refractivity (Wildman–Crippen MR) is 197 cm³/mol. The van der Waals surface area contributed by atoms with E-state index in [2.05, 4.69) is 6.07 Å². The Kier molecular flexibility index (Phi) is 27.3. The molecule has 0 N–H and O–H groups in total. The Bertz CT molecular complexity index is 1040. The highest BCUT2D eigenvalue weighted by Gasteiger charge is 2.23. The van der Waals surface area contributed by atoms with Crippen molar-refractivity contribution in [2.75, 3.05) is 52.0 Å². The van der Waals surface area contributed by atoms with E-state index in [0.29, 0.717) is 69.0 Å².